The Kier molecular flexibility index (Phi) is 3.16. The minimum absolute atomic E-state index is 0.351. The Bertz CT molecular complexity index is 372. The first-order valence-electron chi connectivity index (χ1n) is 6.71. The lowest BCUT2D eigenvalue weighted by molar-refractivity contribution is 0.0431. The summed E-state index contributed by atoms with van der Waals surface area (Å²) in [6.07, 6.45) is 7.67. The molecule has 1 aliphatic carbocycles. The van der Waals surface area contributed by atoms with Crippen LogP contribution in [-0.4, -0.2) is 28.0 Å². The summed E-state index contributed by atoms with van der Waals surface area (Å²) in [6, 6.07) is 2.86. The summed E-state index contributed by atoms with van der Waals surface area (Å²) < 4.78 is 7.94. The molecule has 4 nitrogen and oxygen atoms in total. The van der Waals surface area contributed by atoms with Gasteiger partial charge in [-0.3, -0.25) is 4.68 Å². The average molecular weight is 235 g/mol. The third-order valence-electron chi connectivity index (χ3n) is 3.65. The largest absolute Gasteiger partial charge is 0.373 e. The minimum Gasteiger partial charge on any atom is -0.373 e. The molecule has 0 spiro atoms. The maximum Gasteiger partial charge on any atom is 0.0775 e. The van der Waals surface area contributed by atoms with E-state index in [-0.39, 0.29) is 0 Å². The summed E-state index contributed by atoms with van der Waals surface area (Å²) in [5, 5.41) is 7.93. The molecule has 2 fully saturated rings. The Hall–Kier alpha value is -0.870. The van der Waals surface area contributed by atoms with Crippen LogP contribution in [0, 0.1) is 0 Å². The van der Waals surface area contributed by atoms with Gasteiger partial charge in [0.05, 0.1) is 24.4 Å². The zero-order valence-electron chi connectivity index (χ0n) is 10.4. The molecule has 3 rings (SSSR count). The van der Waals surface area contributed by atoms with Gasteiger partial charge in [0.15, 0.2) is 0 Å². The van der Waals surface area contributed by atoms with E-state index in [0.717, 1.165) is 25.6 Å². The molecule has 4 heteroatoms. The highest BCUT2D eigenvalue weighted by atomic mass is 16.5. The molecule has 0 amide bonds. The van der Waals surface area contributed by atoms with E-state index in [0.29, 0.717) is 12.2 Å². The van der Waals surface area contributed by atoms with E-state index in [1.807, 2.05) is 6.20 Å². The molecule has 1 aromatic heterocycles. The van der Waals surface area contributed by atoms with Gasteiger partial charge in [-0.15, -0.1) is 0 Å². The van der Waals surface area contributed by atoms with Crippen LogP contribution in [-0.2, 0) is 17.8 Å². The van der Waals surface area contributed by atoms with Gasteiger partial charge in [-0.25, -0.2) is 0 Å². The van der Waals surface area contributed by atoms with Crippen molar-refractivity contribution in [2.45, 2.75) is 63.9 Å². The number of hydrogen-bond donors (Lipinski definition) is 1. The second-order valence-corrected chi connectivity index (χ2v) is 5.31. The zero-order chi connectivity index (χ0) is 11.7. The van der Waals surface area contributed by atoms with Crippen LogP contribution in [0.3, 0.4) is 0 Å². The van der Waals surface area contributed by atoms with Crippen molar-refractivity contribution in [3.63, 3.8) is 0 Å². The van der Waals surface area contributed by atoms with Gasteiger partial charge >= 0.3 is 0 Å². The molecular formula is C13H21N3O. The standard InChI is InChI=1S/C13H21N3O/c1-10-2-5-13(17-10)9-16-12(6-7-15-16)8-14-11-3-4-11/h6-7,10-11,13-14H,2-5,8-9H2,1H3. The van der Waals surface area contributed by atoms with Crippen LogP contribution in [0.1, 0.15) is 38.3 Å². The molecule has 2 heterocycles. The monoisotopic (exact) mass is 235 g/mol. The Balaban J connectivity index is 1.56. The molecule has 0 radical (unpaired) electrons. The zero-order valence-corrected chi connectivity index (χ0v) is 10.4. The molecule has 94 valence electrons. The van der Waals surface area contributed by atoms with Crippen LogP contribution in [0.15, 0.2) is 12.3 Å². The maximum atomic E-state index is 5.85. The molecule has 1 aromatic rings. The summed E-state index contributed by atoms with van der Waals surface area (Å²) >= 11 is 0. The Morgan fingerprint density at radius 2 is 2.29 bits per heavy atom. The van der Waals surface area contributed by atoms with Crippen LogP contribution in [0.25, 0.3) is 0 Å². The van der Waals surface area contributed by atoms with Crippen LogP contribution < -0.4 is 5.32 Å². The van der Waals surface area contributed by atoms with Gasteiger partial charge in [-0.2, -0.15) is 5.10 Å². The molecule has 2 unspecified atom stereocenters. The molecule has 1 saturated carbocycles. The Morgan fingerprint density at radius 1 is 1.41 bits per heavy atom. The van der Waals surface area contributed by atoms with E-state index in [4.69, 9.17) is 4.74 Å². The molecule has 2 atom stereocenters. The highest BCUT2D eigenvalue weighted by Gasteiger charge is 2.24. The van der Waals surface area contributed by atoms with Gasteiger partial charge in [-0.1, -0.05) is 0 Å². The number of nitrogens with one attached hydrogen (secondary N) is 1. The lowest BCUT2D eigenvalue weighted by Crippen LogP contribution is -2.23. The van der Waals surface area contributed by atoms with E-state index < -0.39 is 0 Å². The predicted octanol–water partition coefficient (Wildman–Crippen LogP) is 1.70. The molecular weight excluding hydrogens is 214 g/mol. The fourth-order valence-corrected chi connectivity index (χ4v) is 2.42. The van der Waals surface area contributed by atoms with Gasteiger partial charge in [0, 0.05) is 18.8 Å². The quantitative estimate of drug-likeness (QED) is 0.844. The highest BCUT2D eigenvalue weighted by molar-refractivity contribution is 5.01. The number of aromatic nitrogens is 2. The van der Waals surface area contributed by atoms with Gasteiger partial charge < -0.3 is 10.1 Å². The van der Waals surface area contributed by atoms with Crippen LogP contribution in [0.5, 0.6) is 0 Å². The fourth-order valence-electron chi connectivity index (χ4n) is 2.42. The van der Waals surface area contributed by atoms with Gasteiger partial charge in [0.1, 0.15) is 0 Å². The van der Waals surface area contributed by atoms with E-state index in [9.17, 15) is 0 Å². The summed E-state index contributed by atoms with van der Waals surface area (Å²) in [5.74, 6) is 0. The highest BCUT2D eigenvalue weighted by Crippen LogP contribution is 2.21. The summed E-state index contributed by atoms with van der Waals surface area (Å²) in [5.41, 5.74) is 1.28. The lowest BCUT2D eigenvalue weighted by Gasteiger charge is -2.14. The number of nitrogens with zero attached hydrogens (tertiary/aromatic N) is 2. The second-order valence-electron chi connectivity index (χ2n) is 5.31. The average Bonchev–Trinajstić information content (AvgIpc) is 2.90. The van der Waals surface area contributed by atoms with Crippen molar-refractivity contribution in [2.75, 3.05) is 0 Å². The van der Waals surface area contributed by atoms with E-state index in [2.05, 4.69) is 28.1 Å². The van der Waals surface area contributed by atoms with Crippen molar-refractivity contribution in [1.82, 2.24) is 15.1 Å². The van der Waals surface area contributed by atoms with Crippen molar-refractivity contribution in [3.05, 3.63) is 18.0 Å². The second kappa shape index (κ2) is 4.78. The van der Waals surface area contributed by atoms with Crippen LogP contribution in [0.4, 0.5) is 0 Å². The molecule has 1 saturated heterocycles. The van der Waals surface area contributed by atoms with Crippen molar-refractivity contribution in [3.8, 4) is 0 Å². The van der Waals surface area contributed by atoms with E-state index >= 15 is 0 Å². The molecule has 17 heavy (non-hydrogen) atoms. The van der Waals surface area contributed by atoms with Crippen molar-refractivity contribution >= 4 is 0 Å². The summed E-state index contributed by atoms with van der Waals surface area (Å²) in [6.45, 7) is 3.99. The van der Waals surface area contributed by atoms with Crippen molar-refractivity contribution in [1.29, 1.82) is 0 Å². The van der Waals surface area contributed by atoms with Crippen LogP contribution in [0.2, 0.25) is 0 Å². The predicted molar refractivity (Wildman–Crippen MR) is 65.7 cm³/mol. The Labute approximate surface area is 102 Å². The SMILES string of the molecule is CC1CCC(Cn2nccc2CNC2CC2)O1. The Morgan fingerprint density at radius 3 is 3.00 bits per heavy atom. The first kappa shape index (κ1) is 11.2. The third kappa shape index (κ3) is 2.87. The van der Waals surface area contributed by atoms with Crippen LogP contribution >= 0.6 is 0 Å². The summed E-state index contributed by atoms with van der Waals surface area (Å²) in [4.78, 5) is 0. The fraction of sp³-hybridized carbons (Fsp3) is 0.769. The summed E-state index contributed by atoms with van der Waals surface area (Å²) in [7, 11) is 0. The van der Waals surface area contributed by atoms with Crippen molar-refractivity contribution in [2.24, 2.45) is 0 Å². The van der Waals surface area contributed by atoms with E-state index in [1.54, 1.807) is 0 Å². The first-order valence-corrected chi connectivity index (χ1v) is 6.71. The number of ether oxygens (including phenoxy) is 1. The van der Waals surface area contributed by atoms with Gasteiger partial charge in [-0.05, 0) is 38.7 Å². The maximum absolute atomic E-state index is 5.85. The first-order chi connectivity index (χ1) is 8.31. The van der Waals surface area contributed by atoms with Gasteiger partial charge in [0.2, 0.25) is 0 Å². The topological polar surface area (TPSA) is 39.1 Å². The van der Waals surface area contributed by atoms with Crippen molar-refractivity contribution < 1.29 is 4.74 Å². The van der Waals surface area contributed by atoms with E-state index in [1.165, 1.54) is 25.0 Å². The number of hydrogen-bond acceptors (Lipinski definition) is 3. The molecule has 0 aromatic carbocycles. The smallest absolute Gasteiger partial charge is 0.0775 e. The normalized spacial score (nSPS) is 28.8. The molecule has 2 aliphatic rings. The number of rotatable bonds is 5. The molecule has 1 aliphatic heterocycles. The van der Waals surface area contributed by atoms with Gasteiger partial charge in [0.25, 0.3) is 0 Å². The molecule has 0 bridgehead atoms. The third-order valence-corrected chi connectivity index (χ3v) is 3.65. The lowest BCUT2D eigenvalue weighted by atomic mass is 10.2. The molecule has 1 N–H and O–H groups in total. The minimum atomic E-state index is 0.351.